The van der Waals surface area contributed by atoms with Crippen molar-refractivity contribution in [1.82, 2.24) is 4.57 Å². The molecule has 0 spiro atoms. The lowest BCUT2D eigenvalue weighted by atomic mass is 10.0. The minimum absolute atomic E-state index is 0.0250. The van der Waals surface area contributed by atoms with Crippen molar-refractivity contribution in [2.45, 2.75) is 27.3 Å². The standard InChI is InChI=1S/C24H21ClN2O4/c1-14-9-18(10-15(2)22(14)25)31-13-20(28)21-16(3)19(11-26)23(29)27(24(21)30)12-17-7-5-4-6-8-17/h4-10,30H,12-13H2,1-3H3. The molecule has 1 heterocycles. The first-order valence-electron chi connectivity index (χ1n) is 9.57. The first kappa shape index (κ1) is 22.1. The normalized spacial score (nSPS) is 10.5. The Balaban J connectivity index is 1.98. The smallest absolute Gasteiger partial charge is 0.271 e. The van der Waals surface area contributed by atoms with E-state index in [2.05, 4.69) is 0 Å². The van der Waals surface area contributed by atoms with Gasteiger partial charge in [-0.2, -0.15) is 5.26 Å². The fourth-order valence-electron chi connectivity index (χ4n) is 3.41. The third kappa shape index (κ3) is 4.47. The monoisotopic (exact) mass is 436 g/mol. The van der Waals surface area contributed by atoms with E-state index in [9.17, 15) is 20.0 Å². The van der Waals surface area contributed by atoms with E-state index in [1.165, 1.54) is 6.92 Å². The maximum Gasteiger partial charge on any atom is 0.271 e. The fraction of sp³-hybridized carbons (Fsp3) is 0.208. The highest BCUT2D eigenvalue weighted by Gasteiger charge is 2.24. The Morgan fingerprint density at radius 2 is 1.77 bits per heavy atom. The van der Waals surface area contributed by atoms with Crippen LogP contribution in [-0.4, -0.2) is 22.1 Å². The van der Waals surface area contributed by atoms with Gasteiger partial charge in [-0.3, -0.25) is 14.2 Å². The van der Waals surface area contributed by atoms with Gasteiger partial charge in [0, 0.05) is 5.02 Å². The second-order valence-corrected chi connectivity index (χ2v) is 7.65. The molecule has 3 rings (SSSR count). The largest absolute Gasteiger partial charge is 0.494 e. The number of aromatic hydroxyl groups is 1. The predicted octanol–water partition coefficient (Wildman–Crippen LogP) is 4.31. The van der Waals surface area contributed by atoms with E-state index < -0.39 is 17.2 Å². The number of halogens is 1. The van der Waals surface area contributed by atoms with Crippen LogP contribution < -0.4 is 10.3 Å². The Kier molecular flexibility index (Phi) is 6.47. The summed E-state index contributed by atoms with van der Waals surface area (Å²) in [6.45, 7) is 4.79. The summed E-state index contributed by atoms with van der Waals surface area (Å²) in [6.07, 6.45) is 0. The van der Waals surface area contributed by atoms with E-state index in [1.807, 2.05) is 26.0 Å². The summed E-state index contributed by atoms with van der Waals surface area (Å²) in [6, 6.07) is 14.3. The van der Waals surface area contributed by atoms with Gasteiger partial charge < -0.3 is 9.84 Å². The van der Waals surface area contributed by atoms with Crippen LogP contribution in [0.1, 0.15) is 38.2 Å². The van der Waals surface area contributed by atoms with Crippen LogP contribution in [0.5, 0.6) is 11.6 Å². The second kappa shape index (κ2) is 9.07. The molecule has 0 atom stereocenters. The number of hydrogen-bond acceptors (Lipinski definition) is 5. The van der Waals surface area contributed by atoms with Crippen LogP contribution in [0.25, 0.3) is 0 Å². The van der Waals surface area contributed by atoms with Gasteiger partial charge in [-0.25, -0.2) is 0 Å². The second-order valence-electron chi connectivity index (χ2n) is 7.27. The number of Topliss-reactive ketones (excluding diaryl/α,β-unsaturated/α-hetero) is 1. The van der Waals surface area contributed by atoms with Crippen LogP contribution >= 0.6 is 11.6 Å². The summed E-state index contributed by atoms with van der Waals surface area (Å²) in [5, 5.41) is 20.9. The molecule has 7 heteroatoms. The molecular formula is C24H21ClN2O4. The molecule has 1 aromatic heterocycles. The molecule has 0 bridgehead atoms. The summed E-state index contributed by atoms with van der Waals surface area (Å²) < 4.78 is 6.65. The summed E-state index contributed by atoms with van der Waals surface area (Å²) >= 11 is 6.16. The van der Waals surface area contributed by atoms with Crippen LogP contribution in [0.2, 0.25) is 5.02 Å². The number of rotatable bonds is 6. The zero-order chi connectivity index (χ0) is 22.7. The molecule has 2 aromatic carbocycles. The van der Waals surface area contributed by atoms with E-state index in [1.54, 1.807) is 36.4 Å². The molecule has 3 aromatic rings. The van der Waals surface area contributed by atoms with Crippen LogP contribution in [0.15, 0.2) is 47.3 Å². The quantitative estimate of drug-likeness (QED) is 0.581. The number of carbonyl (C=O) groups excluding carboxylic acids is 1. The summed E-state index contributed by atoms with van der Waals surface area (Å²) in [4.78, 5) is 25.7. The fourth-order valence-corrected chi connectivity index (χ4v) is 3.52. The Morgan fingerprint density at radius 3 is 2.35 bits per heavy atom. The number of hydrogen-bond donors (Lipinski definition) is 1. The van der Waals surface area contributed by atoms with Gasteiger partial charge in [0.05, 0.1) is 12.1 Å². The lowest BCUT2D eigenvalue weighted by Crippen LogP contribution is -2.28. The van der Waals surface area contributed by atoms with E-state index >= 15 is 0 Å². The highest BCUT2D eigenvalue weighted by molar-refractivity contribution is 6.32. The SMILES string of the molecule is Cc1cc(OCC(=O)c2c(C)c(C#N)c(=O)n(Cc3ccccc3)c2O)cc(C)c1Cl. The van der Waals surface area contributed by atoms with E-state index in [-0.39, 0.29) is 29.8 Å². The third-order valence-corrected chi connectivity index (χ3v) is 5.64. The minimum atomic E-state index is -0.650. The number of ketones is 1. The van der Waals surface area contributed by atoms with Gasteiger partial charge in [-0.05, 0) is 55.2 Å². The maximum absolute atomic E-state index is 12.9. The number of benzene rings is 2. The van der Waals surface area contributed by atoms with Gasteiger partial charge in [0.25, 0.3) is 5.56 Å². The topological polar surface area (TPSA) is 92.3 Å². The maximum atomic E-state index is 12.9. The summed E-state index contributed by atoms with van der Waals surface area (Å²) in [5.74, 6) is -0.566. The average molecular weight is 437 g/mol. The molecule has 0 aliphatic carbocycles. The highest BCUT2D eigenvalue weighted by atomic mass is 35.5. The minimum Gasteiger partial charge on any atom is -0.494 e. The number of nitrogens with zero attached hydrogens (tertiary/aromatic N) is 2. The Labute approximate surface area is 184 Å². The molecule has 158 valence electrons. The molecule has 31 heavy (non-hydrogen) atoms. The van der Waals surface area contributed by atoms with Gasteiger partial charge in [0.2, 0.25) is 11.7 Å². The first-order chi connectivity index (χ1) is 14.7. The number of ether oxygens (including phenoxy) is 1. The van der Waals surface area contributed by atoms with Crippen LogP contribution in [0.3, 0.4) is 0 Å². The number of carbonyl (C=O) groups is 1. The van der Waals surface area contributed by atoms with Gasteiger partial charge in [-0.1, -0.05) is 41.9 Å². The van der Waals surface area contributed by atoms with Crippen molar-refractivity contribution in [3.05, 3.63) is 91.2 Å². The van der Waals surface area contributed by atoms with Gasteiger partial charge in [-0.15, -0.1) is 0 Å². The molecule has 1 N–H and O–H groups in total. The van der Waals surface area contributed by atoms with Crippen molar-refractivity contribution >= 4 is 17.4 Å². The lowest BCUT2D eigenvalue weighted by Gasteiger charge is -2.16. The molecule has 0 saturated heterocycles. The molecular weight excluding hydrogens is 416 g/mol. The van der Waals surface area contributed by atoms with Gasteiger partial charge in [0.15, 0.2) is 6.61 Å². The number of pyridine rings is 1. The van der Waals surface area contributed by atoms with E-state index in [0.29, 0.717) is 10.8 Å². The Morgan fingerprint density at radius 1 is 1.16 bits per heavy atom. The number of aryl methyl sites for hydroxylation is 2. The van der Waals surface area contributed by atoms with Crippen molar-refractivity contribution < 1.29 is 14.6 Å². The Hall–Kier alpha value is -3.56. The molecule has 0 aliphatic heterocycles. The molecule has 0 fully saturated rings. The highest BCUT2D eigenvalue weighted by Crippen LogP contribution is 2.27. The molecule has 0 aliphatic rings. The average Bonchev–Trinajstić information content (AvgIpc) is 2.74. The van der Waals surface area contributed by atoms with Crippen molar-refractivity contribution in [2.24, 2.45) is 0 Å². The van der Waals surface area contributed by atoms with E-state index in [4.69, 9.17) is 16.3 Å². The van der Waals surface area contributed by atoms with E-state index in [0.717, 1.165) is 21.3 Å². The number of aromatic nitrogens is 1. The molecule has 0 unspecified atom stereocenters. The zero-order valence-electron chi connectivity index (χ0n) is 17.4. The lowest BCUT2D eigenvalue weighted by molar-refractivity contribution is 0.0916. The number of nitriles is 1. The van der Waals surface area contributed by atoms with Crippen LogP contribution in [0, 0.1) is 32.1 Å². The van der Waals surface area contributed by atoms with Crippen molar-refractivity contribution in [1.29, 1.82) is 5.26 Å². The first-order valence-corrected chi connectivity index (χ1v) is 9.95. The van der Waals surface area contributed by atoms with Gasteiger partial charge >= 0.3 is 0 Å². The van der Waals surface area contributed by atoms with Crippen LogP contribution in [-0.2, 0) is 6.54 Å². The summed E-state index contributed by atoms with van der Waals surface area (Å²) in [7, 11) is 0. The van der Waals surface area contributed by atoms with Crippen LogP contribution in [0.4, 0.5) is 0 Å². The molecule has 0 saturated carbocycles. The van der Waals surface area contributed by atoms with Crippen molar-refractivity contribution in [3.63, 3.8) is 0 Å². The molecule has 0 amide bonds. The van der Waals surface area contributed by atoms with Crippen molar-refractivity contribution in [3.8, 4) is 17.7 Å². The summed E-state index contributed by atoms with van der Waals surface area (Å²) in [5.41, 5.74) is 1.56. The Bertz CT molecular complexity index is 1230. The molecule has 0 radical (unpaired) electrons. The molecule has 6 nitrogen and oxygen atoms in total. The predicted molar refractivity (Wildman–Crippen MR) is 118 cm³/mol. The van der Waals surface area contributed by atoms with Crippen molar-refractivity contribution in [2.75, 3.05) is 6.61 Å². The zero-order valence-corrected chi connectivity index (χ0v) is 18.2. The third-order valence-electron chi connectivity index (χ3n) is 5.04. The van der Waals surface area contributed by atoms with Gasteiger partial charge in [0.1, 0.15) is 17.4 Å².